The highest BCUT2D eigenvalue weighted by Gasteiger charge is 2.22. The third kappa shape index (κ3) is 4.52. The van der Waals surface area contributed by atoms with Gasteiger partial charge < -0.3 is 5.32 Å². The van der Waals surface area contributed by atoms with Gasteiger partial charge in [-0.1, -0.05) is 42.5 Å². The van der Waals surface area contributed by atoms with Crippen molar-refractivity contribution in [3.8, 4) is 0 Å². The zero-order valence-electron chi connectivity index (χ0n) is 14.6. The molecule has 0 spiro atoms. The predicted molar refractivity (Wildman–Crippen MR) is 105 cm³/mol. The summed E-state index contributed by atoms with van der Waals surface area (Å²) in [5, 5.41) is 8.77. The molecule has 2 aromatic rings. The Hall–Kier alpha value is -2.60. The Labute approximate surface area is 157 Å². The van der Waals surface area contributed by atoms with Gasteiger partial charge in [-0.05, 0) is 24.0 Å². The lowest BCUT2D eigenvalue weighted by Gasteiger charge is -2.12. The Morgan fingerprint density at radius 3 is 2.58 bits per heavy atom. The smallest absolute Gasteiger partial charge is 0.243 e. The van der Waals surface area contributed by atoms with Gasteiger partial charge in [-0.15, -0.1) is 11.8 Å². The van der Waals surface area contributed by atoms with E-state index in [0.29, 0.717) is 6.54 Å². The number of thioether (sulfide) groups is 1. The number of hydrogen-bond donors (Lipinski definition) is 1. The van der Waals surface area contributed by atoms with E-state index in [2.05, 4.69) is 10.4 Å². The third-order valence-corrected chi connectivity index (χ3v) is 4.94. The van der Waals surface area contributed by atoms with E-state index < -0.39 is 0 Å². The SMILES string of the molecule is CSc1ccccc1NC(=O)CCC(=O)N1CCC(c2ccccc2)=N1. The number of hydrazone groups is 1. The van der Waals surface area contributed by atoms with E-state index in [1.807, 2.05) is 60.9 Å². The molecule has 1 aliphatic rings. The zero-order valence-corrected chi connectivity index (χ0v) is 15.5. The molecule has 0 aliphatic carbocycles. The molecule has 1 aliphatic heterocycles. The number of nitrogens with zero attached hydrogens (tertiary/aromatic N) is 2. The van der Waals surface area contributed by atoms with Gasteiger partial charge in [-0.2, -0.15) is 5.10 Å². The van der Waals surface area contributed by atoms with Crippen LogP contribution in [-0.4, -0.2) is 35.3 Å². The number of hydrogen-bond acceptors (Lipinski definition) is 4. The summed E-state index contributed by atoms with van der Waals surface area (Å²) in [6.07, 6.45) is 3.00. The highest BCUT2D eigenvalue weighted by atomic mass is 32.2. The lowest BCUT2D eigenvalue weighted by molar-refractivity contribution is -0.132. The molecule has 2 aromatic carbocycles. The highest BCUT2D eigenvalue weighted by molar-refractivity contribution is 7.98. The van der Waals surface area contributed by atoms with Crippen molar-refractivity contribution in [1.82, 2.24) is 5.01 Å². The van der Waals surface area contributed by atoms with Gasteiger partial charge in [0.25, 0.3) is 0 Å². The van der Waals surface area contributed by atoms with E-state index in [9.17, 15) is 9.59 Å². The van der Waals surface area contributed by atoms with Crippen molar-refractivity contribution in [3.05, 3.63) is 60.2 Å². The molecule has 0 radical (unpaired) electrons. The first-order chi connectivity index (χ1) is 12.7. The number of rotatable bonds is 6. The van der Waals surface area contributed by atoms with Crippen LogP contribution in [0.15, 0.2) is 64.6 Å². The van der Waals surface area contributed by atoms with Crippen molar-refractivity contribution in [1.29, 1.82) is 0 Å². The summed E-state index contributed by atoms with van der Waals surface area (Å²) in [6, 6.07) is 17.5. The molecular weight excluding hydrogens is 346 g/mol. The molecule has 0 saturated heterocycles. The lowest BCUT2D eigenvalue weighted by Crippen LogP contribution is -2.25. The lowest BCUT2D eigenvalue weighted by atomic mass is 10.1. The van der Waals surface area contributed by atoms with Crippen molar-refractivity contribution in [2.75, 3.05) is 18.1 Å². The Morgan fingerprint density at radius 1 is 1.08 bits per heavy atom. The van der Waals surface area contributed by atoms with E-state index in [1.165, 1.54) is 5.01 Å². The monoisotopic (exact) mass is 367 g/mol. The van der Waals surface area contributed by atoms with Crippen LogP contribution in [0.5, 0.6) is 0 Å². The molecule has 3 rings (SSSR count). The number of carbonyl (C=O) groups is 2. The van der Waals surface area contributed by atoms with Crippen LogP contribution in [0, 0.1) is 0 Å². The van der Waals surface area contributed by atoms with Crippen LogP contribution in [0.4, 0.5) is 5.69 Å². The standard InChI is InChI=1S/C20H21N3O2S/c1-26-18-10-6-5-9-17(18)21-19(24)11-12-20(25)23-14-13-16(22-23)15-7-3-2-4-8-15/h2-10H,11-14H2,1H3,(H,21,24). The van der Waals surface area contributed by atoms with E-state index in [4.69, 9.17) is 0 Å². The van der Waals surface area contributed by atoms with Gasteiger partial charge in [0.05, 0.1) is 17.9 Å². The summed E-state index contributed by atoms with van der Waals surface area (Å²) < 4.78 is 0. The average Bonchev–Trinajstić information content (AvgIpc) is 3.17. The fourth-order valence-electron chi connectivity index (χ4n) is 2.78. The molecule has 26 heavy (non-hydrogen) atoms. The maximum atomic E-state index is 12.3. The molecule has 0 saturated carbocycles. The molecular formula is C20H21N3O2S. The molecule has 0 fully saturated rings. The van der Waals surface area contributed by atoms with Gasteiger partial charge in [0.2, 0.25) is 11.8 Å². The van der Waals surface area contributed by atoms with Crippen molar-refractivity contribution >= 4 is 35.0 Å². The molecule has 2 amide bonds. The maximum absolute atomic E-state index is 12.3. The van der Waals surface area contributed by atoms with E-state index in [-0.39, 0.29) is 24.7 Å². The van der Waals surface area contributed by atoms with Crippen molar-refractivity contribution in [2.24, 2.45) is 5.10 Å². The normalized spacial score (nSPS) is 13.4. The minimum Gasteiger partial charge on any atom is -0.325 e. The van der Waals surface area contributed by atoms with Gasteiger partial charge in [0.1, 0.15) is 0 Å². The van der Waals surface area contributed by atoms with Crippen molar-refractivity contribution in [2.45, 2.75) is 24.2 Å². The first-order valence-corrected chi connectivity index (χ1v) is 9.76. The number of carbonyl (C=O) groups excluding carboxylic acids is 2. The summed E-state index contributed by atoms with van der Waals surface area (Å²) in [7, 11) is 0. The molecule has 6 heteroatoms. The Bertz CT molecular complexity index is 821. The molecule has 0 aromatic heterocycles. The summed E-state index contributed by atoms with van der Waals surface area (Å²) in [4.78, 5) is 25.5. The number of anilines is 1. The molecule has 0 unspecified atom stereocenters. The second-order valence-electron chi connectivity index (χ2n) is 5.93. The highest BCUT2D eigenvalue weighted by Crippen LogP contribution is 2.24. The quantitative estimate of drug-likeness (QED) is 0.791. The number of nitrogens with one attached hydrogen (secondary N) is 1. The average molecular weight is 367 g/mol. The van der Waals surface area contributed by atoms with Crippen LogP contribution in [-0.2, 0) is 9.59 Å². The van der Waals surface area contributed by atoms with Gasteiger partial charge in [0.15, 0.2) is 0 Å². The fraction of sp³-hybridized carbons (Fsp3) is 0.250. The second kappa shape index (κ2) is 8.67. The molecule has 5 nitrogen and oxygen atoms in total. The van der Waals surface area contributed by atoms with Gasteiger partial charge in [-0.25, -0.2) is 5.01 Å². The summed E-state index contributed by atoms with van der Waals surface area (Å²) in [6.45, 7) is 0.569. The number of benzene rings is 2. The van der Waals surface area contributed by atoms with E-state index >= 15 is 0 Å². The van der Waals surface area contributed by atoms with Crippen molar-refractivity contribution in [3.63, 3.8) is 0 Å². The van der Waals surface area contributed by atoms with Crippen LogP contribution in [0.2, 0.25) is 0 Å². The zero-order chi connectivity index (χ0) is 18.4. The largest absolute Gasteiger partial charge is 0.325 e. The van der Waals surface area contributed by atoms with Gasteiger partial charge in [0, 0.05) is 24.2 Å². The van der Waals surface area contributed by atoms with Crippen LogP contribution >= 0.6 is 11.8 Å². The van der Waals surface area contributed by atoms with Gasteiger partial charge >= 0.3 is 0 Å². The summed E-state index contributed by atoms with van der Waals surface area (Å²) >= 11 is 1.57. The second-order valence-corrected chi connectivity index (χ2v) is 6.78. The predicted octanol–water partition coefficient (Wildman–Crippen LogP) is 3.76. The molecule has 0 bridgehead atoms. The van der Waals surface area contributed by atoms with Crippen LogP contribution in [0.25, 0.3) is 0 Å². The topological polar surface area (TPSA) is 61.8 Å². The Balaban J connectivity index is 1.53. The fourth-order valence-corrected chi connectivity index (χ4v) is 3.33. The molecule has 1 N–H and O–H groups in total. The first-order valence-electron chi connectivity index (χ1n) is 8.53. The van der Waals surface area contributed by atoms with Gasteiger partial charge in [-0.3, -0.25) is 9.59 Å². The first kappa shape index (κ1) is 18.2. The third-order valence-electron chi connectivity index (χ3n) is 4.14. The summed E-state index contributed by atoms with van der Waals surface area (Å²) in [5.41, 5.74) is 2.73. The Kier molecular flexibility index (Phi) is 6.07. The van der Waals surface area contributed by atoms with Crippen LogP contribution in [0.1, 0.15) is 24.8 Å². The van der Waals surface area contributed by atoms with E-state index in [0.717, 1.165) is 28.3 Å². The number of amides is 2. The summed E-state index contributed by atoms with van der Waals surface area (Å²) in [5.74, 6) is -0.282. The van der Waals surface area contributed by atoms with Crippen molar-refractivity contribution < 1.29 is 9.59 Å². The molecule has 0 atom stereocenters. The van der Waals surface area contributed by atoms with E-state index in [1.54, 1.807) is 11.8 Å². The Morgan fingerprint density at radius 2 is 1.81 bits per heavy atom. The molecule has 134 valence electrons. The van der Waals surface area contributed by atoms with Crippen LogP contribution in [0.3, 0.4) is 0 Å². The minimum absolute atomic E-state index is 0.121. The minimum atomic E-state index is -0.161. The van der Waals surface area contributed by atoms with Crippen LogP contribution < -0.4 is 5.32 Å². The molecule has 1 heterocycles. The maximum Gasteiger partial charge on any atom is 0.243 e. The number of para-hydroxylation sites is 1.